The average Bonchev–Trinajstić information content (AvgIpc) is 1.85. The van der Waals surface area contributed by atoms with Gasteiger partial charge in [-0.1, -0.05) is 6.92 Å². The number of ether oxygens (including phenoxy) is 1. The van der Waals surface area contributed by atoms with E-state index in [0.29, 0.717) is 6.61 Å². The maximum atomic E-state index is 9.88. The van der Waals surface area contributed by atoms with E-state index < -0.39 is 8.69 Å². The van der Waals surface area contributed by atoms with Gasteiger partial charge >= 0.3 is 0 Å². The first-order chi connectivity index (χ1) is 4.31. The zero-order chi connectivity index (χ0) is 7.11. The van der Waals surface area contributed by atoms with Crippen LogP contribution in [-0.4, -0.2) is 12.9 Å². The molecule has 0 aliphatic carbocycles. The minimum atomic E-state index is -1.13. The van der Waals surface area contributed by atoms with Crippen LogP contribution in [0, 0.1) is 0 Å². The highest BCUT2D eigenvalue weighted by Crippen LogP contribution is 2.03. The van der Waals surface area contributed by atoms with Crippen LogP contribution in [0.3, 0.4) is 0 Å². The van der Waals surface area contributed by atoms with Crippen molar-refractivity contribution in [2.45, 2.75) is 26.6 Å². The number of hydrogen-bond donors (Lipinski definition) is 0. The van der Waals surface area contributed by atoms with Crippen molar-refractivity contribution in [3.63, 3.8) is 0 Å². The highest BCUT2D eigenvalue weighted by atomic mass is 31.1. The molecule has 0 aliphatic heterocycles. The average molecular weight is 152 g/mol. The summed E-state index contributed by atoms with van der Waals surface area (Å²) in [6.07, 6.45) is 0.652. The van der Waals surface area contributed by atoms with Gasteiger partial charge in [-0.3, -0.25) is 4.57 Å². The van der Waals surface area contributed by atoms with Gasteiger partial charge in [-0.05, 0) is 13.3 Å². The molecule has 56 valence electrons. The van der Waals surface area contributed by atoms with E-state index in [2.05, 4.69) is 4.52 Å². The molecule has 0 N–H and O–H groups in total. The summed E-state index contributed by atoms with van der Waals surface area (Å²) in [4.78, 5) is 0. The molecule has 9 heavy (non-hydrogen) atoms. The Balaban J connectivity index is 3.04. The lowest BCUT2D eigenvalue weighted by Gasteiger charge is -2.07. The van der Waals surface area contributed by atoms with Gasteiger partial charge < -0.3 is 9.26 Å². The van der Waals surface area contributed by atoms with E-state index in [4.69, 9.17) is 4.74 Å². The van der Waals surface area contributed by atoms with Crippen molar-refractivity contribution in [3.05, 3.63) is 0 Å². The third-order valence-electron chi connectivity index (χ3n) is 0.804. The summed E-state index contributed by atoms with van der Waals surface area (Å²) in [6.45, 7) is 4.41. The van der Waals surface area contributed by atoms with Gasteiger partial charge in [0, 0.05) is 6.61 Å². The van der Waals surface area contributed by atoms with E-state index in [9.17, 15) is 4.57 Å². The largest absolute Gasteiger partial charge is 0.353 e. The van der Waals surface area contributed by atoms with Crippen LogP contribution in [0.5, 0.6) is 0 Å². The van der Waals surface area contributed by atoms with E-state index in [0.717, 1.165) is 6.42 Å². The first-order valence-corrected chi connectivity index (χ1v) is 3.96. The molecule has 4 heteroatoms. The Morgan fingerprint density at radius 3 is 2.78 bits per heavy atom. The van der Waals surface area contributed by atoms with Crippen LogP contribution in [0.1, 0.15) is 20.3 Å². The summed E-state index contributed by atoms with van der Waals surface area (Å²) in [6, 6.07) is 0. The van der Waals surface area contributed by atoms with Gasteiger partial charge in [0.1, 0.15) is 0 Å². The van der Waals surface area contributed by atoms with Gasteiger partial charge in [0.15, 0.2) is 15.0 Å². The lowest BCUT2D eigenvalue weighted by Crippen LogP contribution is -2.07. The van der Waals surface area contributed by atoms with Crippen LogP contribution >= 0.6 is 8.69 Å². The molecule has 0 saturated heterocycles. The Bertz CT molecular complexity index is 76.6. The Morgan fingerprint density at radius 2 is 2.33 bits per heavy atom. The van der Waals surface area contributed by atoms with Crippen molar-refractivity contribution >= 4 is 8.69 Å². The van der Waals surface area contributed by atoms with Gasteiger partial charge in [0.05, 0.1) is 0 Å². The van der Waals surface area contributed by atoms with Crippen LogP contribution in [-0.2, 0) is 13.8 Å². The molecule has 0 amide bonds. The Hall–Kier alpha value is 0.150. The maximum Gasteiger partial charge on any atom is 0.182 e. The van der Waals surface area contributed by atoms with Crippen molar-refractivity contribution in [1.82, 2.24) is 0 Å². The second-order valence-corrected chi connectivity index (χ2v) is 2.14. The monoisotopic (exact) mass is 152 g/mol. The molecule has 0 bridgehead atoms. The topological polar surface area (TPSA) is 35.5 Å². The van der Waals surface area contributed by atoms with E-state index >= 15 is 0 Å². The van der Waals surface area contributed by atoms with Gasteiger partial charge in [-0.15, -0.1) is 0 Å². The van der Waals surface area contributed by atoms with E-state index in [1.54, 1.807) is 6.92 Å². The molecule has 3 nitrogen and oxygen atoms in total. The van der Waals surface area contributed by atoms with Crippen LogP contribution < -0.4 is 0 Å². The van der Waals surface area contributed by atoms with Crippen LogP contribution in [0.15, 0.2) is 0 Å². The summed E-state index contributed by atoms with van der Waals surface area (Å²) in [7, 11) is -1.13. The highest BCUT2D eigenvalue weighted by molar-refractivity contribution is 7.17. The summed E-state index contributed by atoms with van der Waals surface area (Å²) >= 11 is 0. The predicted octanol–water partition coefficient (Wildman–Crippen LogP) is 1.45. The molecule has 2 atom stereocenters. The Morgan fingerprint density at radius 1 is 1.67 bits per heavy atom. The van der Waals surface area contributed by atoms with Crippen molar-refractivity contribution < 1.29 is 13.8 Å². The lowest BCUT2D eigenvalue weighted by molar-refractivity contribution is -0.0592. The highest BCUT2D eigenvalue weighted by Gasteiger charge is 1.96. The Labute approximate surface area is 56.6 Å². The normalized spacial score (nSPS) is 14.9. The first kappa shape index (κ1) is 9.15. The van der Waals surface area contributed by atoms with Crippen molar-refractivity contribution in [1.29, 1.82) is 0 Å². The first-order valence-electron chi connectivity index (χ1n) is 3.02. The fourth-order valence-corrected chi connectivity index (χ4v) is 0.636. The van der Waals surface area contributed by atoms with Gasteiger partial charge in [-0.25, -0.2) is 0 Å². The summed E-state index contributed by atoms with van der Waals surface area (Å²) in [5.74, 6) is 0. The fourth-order valence-electron chi connectivity index (χ4n) is 0.401. The molecule has 0 aliphatic rings. The number of hydrogen-bond acceptors (Lipinski definition) is 3. The van der Waals surface area contributed by atoms with E-state index in [-0.39, 0.29) is 6.29 Å². The smallest absolute Gasteiger partial charge is 0.182 e. The molecular weight excluding hydrogens is 139 g/mol. The van der Waals surface area contributed by atoms with Gasteiger partial charge in [0.25, 0.3) is 0 Å². The summed E-state index contributed by atoms with van der Waals surface area (Å²) in [5, 5.41) is 0. The molecule has 0 radical (unpaired) electrons. The maximum absolute atomic E-state index is 9.88. The summed E-state index contributed by atoms with van der Waals surface area (Å²) in [5.41, 5.74) is 0. The SMILES string of the molecule is CCCOC(C)O[PH2]=O. The zero-order valence-corrected chi connectivity index (χ0v) is 6.95. The molecule has 0 saturated carbocycles. The van der Waals surface area contributed by atoms with Crippen molar-refractivity contribution in [2.75, 3.05) is 6.61 Å². The van der Waals surface area contributed by atoms with Crippen molar-refractivity contribution in [2.24, 2.45) is 0 Å². The van der Waals surface area contributed by atoms with E-state index in [1.807, 2.05) is 6.92 Å². The molecular formula is C5H13O3P. The summed E-state index contributed by atoms with van der Waals surface area (Å²) < 4.78 is 19.6. The second kappa shape index (κ2) is 6.27. The Kier molecular flexibility index (Phi) is 6.38. The van der Waals surface area contributed by atoms with Crippen LogP contribution in [0.4, 0.5) is 0 Å². The zero-order valence-electron chi connectivity index (χ0n) is 5.79. The molecule has 0 aromatic rings. The molecule has 0 aromatic heterocycles. The molecule has 0 aromatic carbocycles. The fraction of sp³-hybridized carbons (Fsp3) is 1.00. The minimum Gasteiger partial charge on any atom is -0.353 e. The van der Waals surface area contributed by atoms with Crippen LogP contribution in [0.25, 0.3) is 0 Å². The molecule has 0 rings (SSSR count). The quantitative estimate of drug-likeness (QED) is 0.441. The predicted molar refractivity (Wildman–Crippen MR) is 37.2 cm³/mol. The van der Waals surface area contributed by atoms with Crippen molar-refractivity contribution in [3.8, 4) is 0 Å². The molecule has 0 fully saturated rings. The van der Waals surface area contributed by atoms with Crippen LogP contribution in [0.2, 0.25) is 0 Å². The number of rotatable bonds is 5. The third-order valence-corrected chi connectivity index (χ3v) is 1.30. The second-order valence-electron chi connectivity index (χ2n) is 1.67. The van der Waals surface area contributed by atoms with Gasteiger partial charge in [0.2, 0.25) is 0 Å². The lowest BCUT2D eigenvalue weighted by atomic mass is 10.5. The third kappa shape index (κ3) is 6.03. The van der Waals surface area contributed by atoms with E-state index in [1.165, 1.54) is 0 Å². The standard InChI is InChI=1S/C5H13O3P/c1-3-4-7-5(2)8-9-6/h5H,3-4,9H2,1-2H3. The molecule has 0 heterocycles. The minimum absolute atomic E-state index is 0.308. The molecule has 0 spiro atoms. The van der Waals surface area contributed by atoms with Gasteiger partial charge in [-0.2, -0.15) is 0 Å². The molecule has 2 unspecified atom stereocenters.